The Hall–Kier alpha value is -0.570. The fourth-order valence-corrected chi connectivity index (χ4v) is 2.21. The second-order valence-corrected chi connectivity index (χ2v) is 4.53. The van der Waals surface area contributed by atoms with Crippen LogP contribution in [0.3, 0.4) is 0 Å². The van der Waals surface area contributed by atoms with Crippen molar-refractivity contribution in [1.82, 2.24) is 4.90 Å². The van der Waals surface area contributed by atoms with Crippen LogP contribution in [0.2, 0.25) is 0 Å². The van der Waals surface area contributed by atoms with Crippen molar-refractivity contribution >= 4 is 5.91 Å². The Kier molecular flexibility index (Phi) is 5.69. The molecule has 3 nitrogen and oxygen atoms in total. The maximum Gasteiger partial charge on any atom is 0.222 e. The Morgan fingerprint density at radius 1 is 1.33 bits per heavy atom. The highest BCUT2D eigenvalue weighted by Gasteiger charge is 2.22. The van der Waals surface area contributed by atoms with Crippen molar-refractivity contribution in [2.45, 2.75) is 57.9 Å². The molecule has 0 saturated carbocycles. The summed E-state index contributed by atoms with van der Waals surface area (Å²) in [5, 5.41) is 0. The van der Waals surface area contributed by atoms with Gasteiger partial charge >= 0.3 is 0 Å². The molecule has 1 rings (SSSR count). The summed E-state index contributed by atoms with van der Waals surface area (Å²) in [5.74, 6) is 0.347. The Morgan fingerprint density at radius 2 is 2.13 bits per heavy atom. The summed E-state index contributed by atoms with van der Waals surface area (Å²) >= 11 is 0. The number of piperidine rings is 1. The first-order valence-corrected chi connectivity index (χ1v) is 6.25. The number of carbonyl (C=O) groups is 1. The van der Waals surface area contributed by atoms with E-state index < -0.39 is 0 Å². The molecule has 3 heteroatoms. The summed E-state index contributed by atoms with van der Waals surface area (Å²) in [7, 11) is 0. The molecule has 1 atom stereocenters. The molecule has 0 spiro atoms. The Morgan fingerprint density at radius 3 is 2.80 bits per heavy atom. The van der Waals surface area contributed by atoms with Crippen LogP contribution in [0.5, 0.6) is 0 Å². The second-order valence-electron chi connectivity index (χ2n) is 4.53. The third-order valence-corrected chi connectivity index (χ3v) is 3.22. The van der Waals surface area contributed by atoms with E-state index in [4.69, 9.17) is 5.73 Å². The molecule has 0 aliphatic carbocycles. The average Bonchev–Trinajstić information content (AvgIpc) is 2.25. The predicted molar refractivity (Wildman–Crippen MR) is 62.5 cm³/mol. The fourth-order valence-electron chi connectivity index (χ4n) is 2.21. The van der Waals surface area contributed by atoms with Crippen molar-refractivity contribution in [3.05, 3.63) is 0 Å². The van der Waals surface area contributed by atoms with E-state index in [0.29, 0.717) is 18.4 Å². The van der Waals surface area contributed by atoms with E-state index in [9.17, 15) is 4.79 Å². The zero-order valence-corrected chi connectivity index (χ0v) is 9.87. The van der Waals surface area contributed by atoms with Crippen LogP contribution in [0.4, 0.5) is 0 Å². The molecule has 1 amide bonds. The first-order chi connectivity index (χ1) is 7.25. The van der Waals surface area contributed by atoms with E-state index in [0.717, 1.165) is 32.4 Å². The number of amides is 1. The lowest BCUT2D eigenvalue weighted by molar-refractivity contribution is -0.134. The molecule has 88 valence electrons. The van der Waals surface area contributed by atoms with Gasteiger partial charge in [0.05, 0.1) is 0 Å². The molecule has 0 aromatic carbocycles. The number of likely N-dealkylation sites (tertiary alicyclic amines) is 1. The van der Waals surface area contributed by atoms with Gasteiger partial charge in [-0.05, 0) is 45.6 Å². The molecule has 1 saturated heterocycles. The monoisotopic (exact) mass is 212 g/mol. The molecule has 0 unspecified atom stereocenters. The first-order valence-electron chi connectivity index (χ1n) is 6.25. The van der Waals surface area contributed by atoms with Gasteiger partial charge in [-0.3, -0.25) is 4.79 Å². The quantitative estimate of drug-likeness (QED) is 0.708. The fraction of sp³-hybridized carbons (Fsp3) is 0.917. The lowest BCUT2D eigenvalue weighted by atomic mass is 10.0. The maximum atomic E-state index is 11.9. The number of rotatable bonds is 5. The molecule has 1 fully saturated rings. The molecular weight excluding hydrogens is 188 g/mol. The molecule has 0 radical (unpaired) electrons. The lowest BCUT2D eigenvalue weighted by Crippen LogP contribution is -2.41. The largest absolute Gasteiger partial charge is 0.340 e. The van der Waals surface area contributed by atoms with Crippen LogP contribution >= 0.6 is 0 Å². The zero-order chi connectivity index (χ0) is 11.1. The molecule has 1 heterocycles. The Labute approximate surface area is 93.0 Å². The molecule has 0 aromatic heterocycles. The van der Waals surface area contributed by atoms with E-state index >= 15 is 0 Å². The standard InChI is InChI=1S/C12H24N2O/c1-11-7-4-6-10-14(11)12(15)8-3-2-5-9-13/h11H,2-10,13H2,1H3/t11-/m1/s1. The summed E-state index contributed by atoms with van der Waals surface area (Å²) in [6.45, 7) is 3.88. The zero-order valence-electron chi connectivity index (χ0n) is 9.87. The molecule has 1 aliphatic rings. The van der Waals surface area contributed by atoms with Crippen LogP contribution < -0.4 is 5.73 Å². The number of carbonyl (C=O) groups excluding carboxylic acids is 1. The van der Waals surface area contributed by atoms with Gasteiger partial charge < -0.3 is 10.6 Å². The highest BCUT2D eigenvalue weighted by atomic mass is 16.2. The normalized spacial score (nSPS) is 21.7. The van der Waals surface area contributed by atoms with Gasteiger partial charge in [-0.25, -0.2) is 0 Å². The van der Waals surface area contributed by atoms with Crippen LogP contribution in [-0.4, -0.2) is 29.9 Å². The topological polar surface area (TPSA) is 46.3 Å². The van der Waals surface area contributed by atoms with E-state index in [1.807, 2.05) is 0 Å². The molecule has 15 heavy (non-hydrogen) atoms. The van der Waals surface area contributed by atoms with Gasteiger partial charge in [0, 0.05) is 19.0 Å². The molecule has 0 bridgehead atoms. The van der Waals surface area contributed by atoms with Crippen LogP contribution in [-0.2, 0) is 4.79 Å². The SMILES string of the molecule is C[C@@H]1CCCCN1C(=O)CCCCCN. The third-order valence-electron chi connectivity index (χ3n) is 3.22. The smallest absolute Gasteiger partial charge is 0.222 e. The molecule has 2 N–H and O–H groups in total. The number of hydrogen-bond acceptors (Lipinski definition) is 2. The number of hydrogen-bond donors (Lipinski definition) is 1. The van der Waals surface area contributed by atoms with Crippen molar-refractivity contribution in [2.75, 3.05) is 13.1 Å². The van der Waals surface area contributed by atoms with Crippen molar-refractivity contribution < 1.29 is 4.79 Å². The van der Waals surface area contributed by atoms with E-state index in [1.54, 1.807) is 0 Å². The van der Waals surface area contributed by atoms with Crippen molar-refractivity contribution in [3.8, 4) is 0 Å². The third kappa shape index (κ3) is 4.20. The molecular formula is C12H24N2O. The van der Waals surface area contributed by atoms with Crippen molar-refractivity contribution in [3.63, 3.8) is 0 Å². The van der Waals surface area contributed by atoms with Crippen molar-refractivity contribution in [2.24, 2.45) is 5.73 Å². The van der Waals surface area contributed by atoms with E-state index in [-0.39, 0.29) is 0 Å². The highest BCUT2D eigenvalue weighted by molar-refractivity contribution is 5.76. The number of unbranched alkanes of at least 4 members (excludes halogenated alkanes) is 2. The molecule has 1 aliphatic heterocycles. The minimum absolute atomic E-state index is 0.347. The summed E-state index contributed by atoms with van der Waals surface area (Å²) in [6.07, 6.45) is 7.47. The maximum absolute atomic E-state index is 11.9. The van der Waals surface area contributed by atoms with Gasteiger partial charge in [-0.2, -0.15) is 0 Å². The summed E-state index contributed by atoms with van der Waals surface area (Å²) in [4.78, 5) is 13.9. The summed E-state index contributed by atoms with van der Waals surface area (Å²) in [6, 6.07) is 0.459. The van der Waals surface area contributed by atoms with Gasteiger partial charge in [0.15, 0.2) is 0 Å². The van der Waals surface area contributed by atoms with E-state index in [2.05, 4.69) is 11.8 Å². The van der Waals surface area contributed by atoms with Crippen LogP contribution in [0, 0.1) is 0 Å². The van der Waals surface area contributed by atoms with Gasteiger partial charge in [0.2, 0.25) is 5.91 Å². The van der Waals surface area contributed by atoms with Gasteiger partial charge in [0.1, 0.15) is 0 Å². The first kappa shape index (κ1) is 12.5. The molecule has 0 aromatic rings. The minimum atomic E-state index is 0.347. The second kappa shape index (κ2) is 6.83. The summed E-state index contributed by atoms with van der Waals surface area (Å²) in [5.41, 5.74) is 5.41. The Bertz CT molecular complexity index is 194. The minimum Gasteiger partial charge on any atom is -0.340 e. The highest BCUT2D eigenvalue weighted by Crippen LogP contribution is 2.18. The predicted octanol–water partition coefficient (Wildman–Crippen LogP) is 1.91. The van der Waals surface area contributed by atoms with Crippen LogP contribution in [0.25, 0.3) is 0 Å². The van der Waals surface area contributed by atoms with E-state index in [1.165, 1.54) is 19.3 Å². The number of nitrogens with two attached hydrogens (primary N) is 1. The van der Waals surface area contributed by atoms with Crippen LogP contribution in [0.15, 0.2) is 0 Å². The van der Waals surface area contributed by atoms with Crippen molar-refractivity contribution in [1.29, 1.82) is 0 Å². The van der Waals surface area contributed by atoms with Gasteiger partial charge in [0.25, 0.3) is 0 Å². The van der Waals surface area contributed by atoms with Gasteiger partial charge in [-0.15, -0.1) is 0 Å². The summed E-state index contributed by atoms with van der Waals surface area (Å²) < 4.78 is 0. The van der Waals surface area contributed by atoms with Crippen LogP contribution in [0.1, 0.15) is 51.9 Å². The Balaban J connectivity index is 2.20. The number of nitrogens with zero attached hydrogens (tertiary/aromatic N) is 1. The van der Waals surface area contributed by atoms with Gasteiger partial charge in [-0.1, -0.05) is 6.42 Å². The lowest BCUT2D eigenvalue weighted by Gasteiger charge is -2.33. The average molecular weight is 212 g/mol.